The van der Waals surface area contributed by atoms with Crippen LogP contribution in [-0.2, 0) is 9.68 Å². The van der Waals surface area contributed by atoms with Crippen molar-refractivity contribution in [2.45, 2.75) is 0 Å². The van der Waals surface area contributed by atoms with E-state index in [2.05, 4.69) is 35.1 Å². The van der Waals surface area contributed by atoms with Crippen molar-refractivity contribution in [3.05, 3.63) is 46.5 Å². The summed E-state index contributed by atoms with van der Waals surface area (Å²) in [6, 6.07) is 2.73. The lowest BCUT2D eigenvalue weighted by atomic mass is 10.4. The number of hydroxylamine groups is 3. The number of aromatic carboxylic acids is 1. The molecular formula is C14H19Cl3N6O5. The van der Waals surface area contributed by atoms with Gasteiger partial charge in [0, 0.05) is 26.5 Å². The number of carbonyl (C=O) groups excluding carboxylic acids is 1. The maximum atomic E-state index is 11.4. The highest BCUT2D eigenvalue weighted by atomic mass is 35.5. The predicted octanol–water partition coefficient (Wildman–Crippen LogP) is 1.78. The molecule has 0 fully saturated rings. The molecule has 11 nitrogen and oxygen atoms in total. The van der Waals surface area contributed by atoms with Crippen molar-refractivity contribution in [3.63, 3.8) is 0 Å². The first-order valence-corrected chi connectivity index (χ1v) is 7.74. The van der Waals surface area contributed by atoms with Crippen LogP contribution in [-0.4, -0.2) is 70.3 Å². The Morgan fingerprint density at radius 3 is 1.82 bits per heavy atom. The second-order valence-electron chi connectivity index (χ2n) is 4.12. The van der Waals surface area contributed by atoms with E-state index in [4.69, 9.17) is 28.3 Å². The van der Waals surface area contributed by atoms with Gasteiger partial charge in [0.25, 0.3) is 5.91 Å². The van der Waals surface area contributed by atoms with E-state index in [1.54, 1.807) is 14.2 Å². The Morgan fingerprint density at radius 1 is 1.07 bits per heavy atom. The van der Waals surface area contributed by atoms with E-state index in [-0.39, 0.29) is 40.3 Å². The van der Waals surface area contributed by atoms with Gasteiger partial charge in [-0.05, 0) is 35.3 Å². The highest BCUT2D eigenvalue weighted by Gasteiger charge is 2.12. The number of carboxylic acids is 1. The molecule has 0 radical (unpaired) electrons. The van der Waals surface area contributed by atoms with Crippen LogP contribution in [0.5, 0.6) is 0 Å². The van der Waals surface area contributed by atoms with Crippen LogP contribution in [0.25, 0.3) is 0 Å². The molecule has 0 aliphatic heterocycles. The highest BCUT2D eigenvalue weighted by Crippen LogP contribution is 2.03. The summed E-state index contributed by atoms with van der Waals surface area (Å²) in [5.41, 5.74) is 2.53. The molecule has 0 saturated heterocycles. The molecule has 2 heterocycles. The van der Waals surface area contributed by atoms with Gasteiger partial charge in [-0.1, -0.05) is 0 Å². The SMILES string of the molecule is CNOC.CON(C)C(=O)c1ccnc(Cl)n1.Cl.O=C(O)c1ccnc(Cl)n1. The number of rotatable bonds is 4. The van der Waals surface area contributed by atoms with Gasteiger partial charge in [0.1, 0.15) is 5.69 Å². The second-order valence-corrected chi connectivity index (χ2v) is 4.80. The van der Waals surface area contributed by atoms with Crippen LogP contribution in [0.2, 0.25) is 10.6 Å². The summed E-state index contributed by atoms with van der Waals surface area (Å²) in [5, 5.41) is 9.40. The smallest absolute Gasteiger partial charge is 0.354 e. The first kappa shape index (κ1) is 28.1. The topological polar surface area (TPSA) is 140 Å². The number of carbonyl (C=O) groups is 2. The minimum absolute atomic E-state index is 0. The molecule has 0 unspecified atom stereocenters. The monoisotopic (exact) mass is 456 g/mol. The third kappa shape index (κ3) is 11.5. The lowest BCUT2D eigenvalue weighted by Gasteiger charge is -2.12. The molecule has 14 heteroatoms. The quantitative estimate of drug-likeness (QED) is 0.515. The maximum absolute atomic E-state index is 11.4. The zero-order valence-corrected chi connectivity index (χ0v) is 17.6. The minimum Gasteiger partial charge on any atom is -0.477 e. The molecule has 0 saturated carbocycles. The third-order valence-corrected chi connectivity index (χ3v) is 2.82. The average Bonchev–Trinajstić information content (AvgIpc) is 2.67. The van der Waals surface area contributed by atoms with E-state index < -0.39 is 5.97 Å². The number of nitrogens with one attached hydrogen (secondary N) is 1. The number of halogens is 3. The molecule has 156 valence electrons. The Kier molecular flexibility index (Phi) is 15.9. The Labute approximate surface area is 177 Å². The number of hydrogen-bond acceptors (Lipinski definition) is 9. The fourth-order valence-corrected chi connectivity index (χ4v) is 1.45. The van der Waals surface area contributed by atoms with Crippen LogP contribution in [0.15, 0.2) is 24.5 Å². The molecule has 2 N–H and O–H groups in total. The van der Waals surface area contributed by atoms with Crippen LogP contribution in [0.4, 0.5) is 0 Å². The van der Waals surface area contributed by atoms with Crippen molar-refractivity contribution >= 4 is 47.5 Å². The maximum Gasteiger partial charge on any atom is 0.354 e. The molecule has 1 amide bonds. The van der Waals surface area contributed by atoms with E-state index in [9.17, 15) is 9.59 Å². The van der Waals surface area contributed by atoms with Crippen molar-refractivity contribution in [1.82, 2.24) is 30.5 Å². The van der Waals surface area contributed by atoms with Gasteiger partial charge in [0.2, 0.25) is 10.6 Å². The van der Waals surface area contributed by atoms with Crippen LogP contribution in [0.1, 0.15) is 21.0 Å². The molecule has 0 aromatic carbocycles. The lowest BCUT2D eigenvalue weighted by Crippen LogP contribution is -2.26. The standard InChI is InChI=1S/C7H8ClN3O2.C5H3ClN2O2.C2H7NO.ClH/c1-11(13-2)6(12)5-3-4-9-7(8)10-5;6-5-7-2-1-3(8-5)4(9)10;1-3-4-2;/h3-4H,1-2H3;1-2H,(H,9,10);3H,1-2H3;1H. The van der Waals surface area contributed by atoms with Gasteiger partial charge < -0.3 is 9.94 Å². The number of amides is 1. The molecule has 0 spiro atoms. The van der Waals surface area contributed by atoms with Gasteiger partial charge in [-0.3, -0.25) is 9.63 Å². The van der Waals surface area contributed by atoms with Crippen LogP contribution < -0.4 is 5.48 Å². The van der Waals surface area contributed by atoms with E-state index >= 15 is 0 Å². The zero-order valence-electron chi connectivity index (χ0n) is 15.3. The molecule has 0 bridgehead atoms. The first-order valence-electron chi connectivity index (χ1n) is 6.99. The summed E-state index contributed by atoms with van der Waals surface area (Å²) < 4.78 is 0. The number of nitrogens with zero attached hydrogens (tertiary/aromatic N) is 5. The molecule has 2 rings (SSSR count). The summed E-state index contributed by atoms with van der Waals surface area (Å²) >= 11 is 10.8. The van der Waals surface area contributed by atoms with Crippen molar-refractivity contribution in [2.75, 3.05) is 28.3 Å². The number of hydrogen-bond donors (Lipinski definition) is 2. The van der Waals surface area contributed by atoms with E-state index in [1.807, 2.05) is 0 Å². The van der Waals surface area contributed by atoms with Crippen molar-refractivity contribution in [3.8, 4) is 0 Å². The van der Waals surface area contributed by atoms with Crippen LogP contribution in [0.3, 0.4) is 0 Å². The van der Waals surface area contributed by atoms with Crippen molar-refractivity contribution in [1.29, 1.82) is 0 Å². The Morgan fingerprint density at radius 2 is 1.50 bits per heavy atom. The van der Waals surface area contributed by atoms with Crippen molar-refractivity contribution < 1.29 is 24.4 Å². The Bertz CT molecular complexity index is 738. The number of aromatic nitrogens is 4. The molecule has 0 atom stereocenters. The minimum atomic E-state index is -1.11. The third-order valence-electron chi connectivity index (χ3n) is 2.45. The Balaban J connectivity index is 0. The van der Waals surface area contributed by atoms with Crippen LogP contribution in [0, 0.1) is 0 Å². The van der Waals surface area contributed by atoms with Crippen LogP contribution >= 0.6 is 35.6 Å². The first-order chi connectivity index (χ1) is 12.8. The normalized spacial score (nSPS) is 8.93. The zero-order chi connectivity index (χ0) is 20.8. The van der Waals surface area contributed by atoms with Gasteiger partial charge in [0.05, 0.1) is 14.2 Å². The molecule has 2 aromatic rings. The van der Waals surface area contributed by atoms with Gasteiger partial charge in [-0.25, -0.2) is 35.3 Å². The summed E-state index contributed by atoms with van der Waals surface area (Å²) in [4.78, 5) is 44.9. The molecule has 28 heavy (non-hydrogen) atoms. The van der Waals surface area contributed by atoms with E-state index in [0.717, 1.165) is 5.06 Å². The van der Waals surface area contributed by atoms with Crippen molar-refractivity contribution in [2.24, 2.45) is 0 Å². The summed E-state index contributed by atoms with van der Waals surface area (Å²) in [7, 11) is 6.15. The largest absolute Gasteiger partial charge is 0.477 e. The number of carboxylic acid groups (broad SMARTS) is 1. The average molecular weight is 458 g/mol. The molecule has 0 aliphatic carbocycles. The molecule has 2 aromatic heterocycles. The Hall–Kier alpha value is -2.15. The molecular weight excluding hydrogens is 439 g/mol. The van der Waals surface area contributed by atoms with Gasteiger partial charge >= 0.3 is 5.97 Å². The van der Waals surface area contributed by atoms with Gasteiger partial charge in [0.15, 0.2) is 5.69 Å². The fraction of sp³-hybridized carbons (Fsp3) is 0.286. The second kappa shape index (κ2) is 15.9. The predicted molar refractivity (Wildman–Crippen MR) is 103 cm³/mol. The summed E-state index contributed by atoms with van der Waals surface area (Å²) in [6.07, 6.45) is 2.70. The van der Waals surface area contributed by atoms with Gasteiger partial charge in [-0.2, -0.15) is 0 Å². The highest BCUT2D eigenvalue weighted by molar-refractivity contribution is 6.28. The summed E-state index contributed by atoms with van der Waals surface area (Å²) in [5.74, 6) is -1.48. The van der Waals surface area contributed by atoms with E-state index in [1.165, 1.54) is 38.7 Å². The summed E-state index contributed by atoms with van der Waals surface area (Å²) in [6.45, 7) is 0. The fourth-order valence-electron chi connectivity index (χ4n) is 1.15. The molecule has 0 aliphatic rings. The van der Waals surface area contributed by atoms with E-state index in [0.29, 0.717) is 0 Å². The van der Waals surface area contributed by atoms with Gasteiger partial charge in [-0.15, -0.1) is 12.4 Å². The lowest BCUT2D eigenvalue weighted by molar-refractivity contribution is -0.0760.